The second kappa shape index (κ2) is 4.21. The summed E-state index contributed by atoms with van der Waals surface area (Å²) < 4.78 is 1.71. The molecule has 0 amide bonds. The summed E-state index contributed by atoms with van der Waals surface area (Å²) in [4.78, 5) is 22.0. The maximum Gasteiger partial charge on any atom is 0.269 e. The van der Waals surface area contributed by atoms with E-state index in [1.807, 2.05) is 0 Å². The van der Waals surface area contributed by atoms with Crippen molar-refractivity contribution in [2.45, 2.75) is 0 Å². The molecule has 0 aliphatic rings. The van der Waals surface area contributed by atoms with E-state index in [1.165, 1.54) is 24.3 Å². The second-order valence-electron chi connectivity index (χ2n) is 3.64. The molecule has 0 fully saturated rings. The minimum atomic E-state index is -0.489. The number of nitro groups is 1. The number of ketones is 1. The van der Waals surface area contributed by atoms with Crippen LogP contribution in [-0.2, 0) is 7.05 Å². The number of aryl methyl sites for hydroxylation is 1. The van der Waals surface area contributed by atoms with Gasteiger partial charge in [-0.25, -0.2) is 0 Å². The molecule has 1 heterocycles. The summed E-state index contributed by atoms with van der Waals surface area (Å²) in [7, 11) is 1.78. The molecule has 0 radical (unpaired) electrons. The van der Waals surface area contributed by atoms with Crippen LogP contribution in [-0.4, -0.2) is 15.3 Å². The smallest absolute Gasteiger partial charge is 0.269 e. The van der Waals surface area contributed by atoms with E-state index in [-0.39, 0.29) is 11.5 Å². The van der Waals surface area contributed by atoms with Gasteiger partial charge in [0.2, 0.25) is 5.78 Å². The van der Waals surface area contributed by atoms with E-state index < -0.39 is 4.92 Å². The third-order valence-electron chi connectivity index (χ3n) is 2.52. The summed E-state index contributed by atoms with van der Waals surface area (Å²) in [6.45, 7) is 0. The van der Waals surface area contributed by atoms with Crippen LogP contribution in [0, 0.1) is 10.1 Å². The molecule has 1 aromatic carbocycles. The number of hydrogen-bond acceptors (Lipinski definition) is 3. The van der Waals surface area contributed by atoms with Crippen LogP contribution in [0.5, 0.6) is 0 Å². The molecular formula is C12H10N2O3. The fraction of sp³-hybridized carbons (Fsp3) is 0.0833. The van der Waals surface area contributed by atoms with Crippen molar-refractivity contribution in [3.05, 3.63) is 64.0 Å². The first kappa shape index (κ1) is 11.1. The van der Waals surface area contributed by atoms with Crippen molar-refractivity contribution in [3.8, 4) is 0 Å². The maximum absolute atomic E-state index is 12.0. The molecule has 0 spiro atoms. The van der Waals surface area contributed by atoms with Crippen LogP contribution in [0.15, 0.2) is 42.6 Å². The largest absolute Gasteiger partial charge is 0.348 e. The fourth-order valence-corrected chi connectivity index (χ4v) is 1.58. The van der Waals surface area contributed by atoms with Gasteiger partial charge in [0.15, 0.2) is 0 Å². The van der Waals surface area contributed by atoms with Gasteiger partial charge in [-0.2, -0.15) is 0 Å². The first-order chi connectivity index (χ1) is 8.09. The highest BCUT2D eigenvalue weighted by atomic mass is 16.6. The number of carbonyl (C=O) groups excluding carboxylic acids is 1. The van der Waals surface area contributed by atoms with Gasteiger partial charge < -0.3 is 4.57 Å². The standard InChI is InChI=1S/C12H10N2O3/c1-13-8-2-3-11(13)12(15)9-4-6-10(7-5-9)14(16)17/h2-8H,1H3. The Morgan fingerprint density at radius 1 is 1.24 bits per heavy atom. The Hall–Kier alpha value is -2.43. The Kier molecular flexibility index (Phi) is 2.74. The lowest BCUT2D eigenvalue weighted by Crippen LogP contribution is -2.06. The lowest BCUT2D eigenvalue weighted by molar-refractivity contribution is -0.384. The molecule has 2 aromatic rings. The van der Waals surface area contributed by atoms with E-state index in [9.17, 15) is 14.9 Å². The van der Waals surface area contributed by atoms with Crippen LogP contribution in [0.1, 0.15) is 16.1 Å². The summed E-state index contributed by atoms with van der Waals surface area (Å²) >= 11 is 0. The van der Waals surface area contributed by atoms with Crippen LogP contribution in [0.3, 0.4) is 0 Å². The number of carbonyl (C=O) groups is 1. The Labute approximate surface area is 97.5 Å². The van der Waals surface area contributed by atoms with Crippen molar-refractivity contribution < 1.29 is 9.72 Å². The average Bonchev–Trinajstić information content (AvgIpc) is 2.74. The monoisotopic (exact) mass is 230 g/mol. The van der Waals surface area contributed by atoms with Gasteiger partial charge in [-0.1, -0.05) is 0 Å². The van der Waals surface area contributed by atoms with Gasteiger partial charge in [0.05, 0.1) is 10.6 Å². The molecule has 0 atom stereocenters. The second-order valence-corrected chi connectivity index (χ2v) is 3.64. The van der Waals surface area contributed by atoms with E-state index in [0.29, 0.717) is 11.3 Å². The number of benzene rings is 1. The number of nitrogens with zero attached hydrogens (tertiary/aromatic N) is 2. The molecule has 5 heteroatoms. The molecule has 0 saturated heterocycles. The average molecular weight is 230 g/mol. The minimum absolute atomic E-state index is 0.0200. The number of rotatable bonds is 3. The first-order valence-corrected chi connectivity index (χ1v) is 5.00. The number of hydrogen-bond donors (Lipinski definition) is 0. The molecule has 0 bridgehead atoms. The van der Waals surface area contributed by atoms with Crippen molar-refractivity contribution in [2.75, 3.05) is 0 Å². The number of non-ortho nitro benzene ring substituents is 1. The van der Waals surface area contributed by atoms with Crippen molar-refractivity contribution >= 4 is 11.5 Å². The van der Waals surface area contributed by atoms with Gasteiger partial charge in [0.1, 0.15) is 0 Å². The van der Waals surface area contributed by atoms with E-state index in [4.69, 9.17) is 0 Å². The van der Waals surface area contributed by atoms with E-state index >= 15 is 0 Å². The third kappa shape index (κ3) is 2.08. The fourth-order valence-electron chi connectivity index (χ4n) is 1.58. The molecule has 0 N–H and O–H groups in total. The van der Waals surface area contributed by atoms with Crippen molar-refractivity contribution in [1.82, 2.24) is 4.57 Å². The van der Waals surface area contributed by atoms with Gasteiger partial charge in [-0.3, -0.25) is 14.9 Å². The molecule has 1 aromatic heterocycles. The van der Waals surface area contributed by atoms with Crippen LogP contribution >= 0.6 is 0 Å². The zero-order chi connectivity index (χ0) is 12.4. The van der Waals surface area contributed by atoms with E-state index in [1.54, 1.807) is 29.9 Å². The molecule has 0 aliphatic heterocycles. The van der Waals surface area contributed by atoms with E-state index in [2.05, 4.69) is 0 Å². The summed E-state index contributed by atoms with van der Waals surface area (Å²) in [5.41, 5.74) is 0.977. The molecule has 0 saturated carbocycles. The molecule has 0 aliphatic carbocycles. The van der Waals surface area contributed by atoms with Crippen molar-refractivity contribution in [1.29, 1.82) is 0 Å². The summed E-state index contributed by atoms with van der Waals surface area (Å²) in [5, 5.41) is 10.5. The number of nitro benzene ring substituents is 1. The van der Waals surface area contributed by atoms with Crippen molar-refractivity contribution in [3.63, 3.8) is 0 Å². The van der Waals surface area contributed by atoms with Gasteiger partial charge in [-0.05, 0) is 24.3 Å². The van der Waals surface area contributed by atoms with Crippen LogP contribution in [0.4, 0.5) is 5.69 Å². The van der Waals surface area contributed by atoms with Gasteiger partial charge in [0, 0.05) is 30.9 Å². The van der Waals surface area contributed by atoms with Gasteiger partial charge >= 0.3 is 0 Å². The highest BCUT2D eigenvalue weighted by molar-refractivity contribution is 6.08. The topological polar surface area (TPSA) is 65.1 Å². The van der Waals surface area contributed by atoms with E-state index in [0.717, 1.165) is 0 Å². The Morgan fingerprint density at radius 2 is 1.88 bits per heavy atom. The quantitative estimate of drug-likeness (QED) is 0.461. The Bertz CT molecular complexity index is 570. The van der Waals surface area contributed by atoms with Crippen LogP contribution < -0.4 is 0 Å². The lowest BCUT2D eigenvalue weighted by atomic mass is 10.1. The predicted molar refractivity (Wildman–Crippen MR) is 61.9 cm³/mol. The van der Waals surface area contributed by atoms with Crippen molar-refractivity contribution in [2.24, 2.45) is 7.05 Å². The molecule has 0 unspecified atom stereocenters. The zero-order valence-corrected chi connectivity index (χ0v) is 9.16. The summed E-state index contributed by atoms with van der Waals surface area (Å²) in [6.07, 6.45) is 1.78. The predicted octanol–water partition coefficient (Wildman–Crippen LogP) is 2.16. The molecule has 17 heavy (non-hydrogen) atoms. The summed E-state index contributed by atoms with van der Waals surface area (Å²) in [5.74, 6) is -0.146. The SMILES string of the molecule is Cn1cccc1C(=O)c1ccc([N+](=O)[O-])cc1. The highest BCUT2D eigenvalue weighted by Crippen LogP contribution is 2.15. The molecular weight excluding hydrogens is 220 g/mol. The highest BCUT2D eigenvalue weighted by Gasteiger charge is 2.13. The van der Waals surface area contributed by atoms with Crippen LogP contribution in [0.25, 0.3) is 0 Å². The molecule has 2 rings (SSSR count). The number of aromatic nitrogens is 1. The molecule has 86 valence electrons. The van der Waals surface area contributed by atoms with Gasteiger partial charge in [-0.15, -0.1) is 0 Å². The molecule has 5 nitrogen and oxygen atoms in total. The zero-order valence-electron chi connectivity index (χ0n) is 9.16. The van der Waals surface area contributed by atoms with Gasteiger partial charge in [0.25, 0.3) is 5.69 Å². The lowest BCUT2D eigenvalue weighted by Gasteiger charge is -2.02. The van der Waals surface area contributed by atoms with Crippen LogP contribution in [0.2, 0.25) is 0 Å². The Balaban J connectivity index is 2.33. The maximum atomic E-state index is 12.0. The normalized spacial score (nSPS) is 10.2. The first-order valence-electron chi connectivity index (χ1n) is 5.00. The minimum Gasteiger partial charge on any atom is -0.348 e. The Morgan fingerprint density at radius 3 is 2.35 bits per heavy atom. The third-order valence-corrected chi connectivity index (χ3v) is 2.52. The summed E-state index contributed by atoms with van der Waals surface area (Å²) in [6, 6.07) is 9.08.